The Morgan fingerprint density at radius 3 is 2.53 bits per heavy atom. The van der Waals surface area contributed by atoms with Crippen LogP contribution in [0.2, 0.25) is 0 Å². The maximum atomic E-state index is 11.2. The van der Waals surface area contributed by atoms with E-state index in [-0.39, 0.29) is 5.78 Å². The lowest BCUT2D eigenvalue weighted by Gasteiger charge is -2.01. The third-order valence-electron chi connectivity index (χ3n) is 2.87. The van der Waals surface area contributed by atoms with Gasteiger partial charge in [-0.05, 0) is 35.0 Å². The smallest absolute Gasteiger partial charge is 0.194 e. The second-order valence-electron chi connectivity index (χ2n) is 4.29. The molecule has 2 nitrogen and oxygen atoms in total. The summed E-state index contributed by atoms with van der Waals surface area (Å²) in [5.41, 5.74) is 0. The molecule has 19 heavy (non-hydrogen) atoms. The highest BCUT2D eigenvalue weighted by atomic mass is 32.2. The van der Waals surface area contributed by atoms with Gasteiger partial charge in [-0.3, -0.25) is 4.79 Å². The summed E-state index contributed by atoms with van der Waals surface area (Å²) in [6, 6.07) is 18.0. The molecule has 0 radical (unpaired) electrons. The summed E-state index contributed by atoms with van der Waals surface area (Å²) in [6.45, 7) is 1.50. The largest absolute Gasteiger partial charge is 0.446 e. The van der Waals surface area contributed by atoms with Crippen molar-refractivity contribution in [3.63, 3.8) is 0 Å². The maximum absolute atomic E-state index is 11.2. The molecule has 0 aliphatic rings. The Hall–Kier alpha value is -2.00. The number of rotatable bonds is 3. The van der Waals surface area contributed by atoms with Gasteiger partial charge in [-0.15, -0.1) is 0 Å². The highest BCUT2D eigenvalue weighted by Crippen LogP contribution is 2.31. The molecule has 94 valence electrons. The minimum atomic E-state index is -0.0506. The fourth-order valence-corrected chi connectivity index (χ4v) is 2.73. The van der Waals surface area contributed by atoms with E-state index in [1.807, 2.05) is 18.2 Å². The molecule has 3 heteroatoms. The van der Waals surface area contributed by atoms with Crippen LogP contribution in [0.1, 0.15) is 17.5 Å². The van der Waals surface area contributed by atoms with Crippen molar-refractivity contribution in [1.82, 2.24) is 0 Å². The number of furan rings is 1. The lowest BCUT2D eigenvalue weighted by Crippen LogP contribution is -1.85. The van der Waals surface area contributed by atoms with Gasteiger partial charge in [0.15, 0.2) is 16.6 Å². The number of carbonyl (C=O) groups excluding carboxylic acids is 1. The molecular formula is C16H12O2S. The number of ketones is 1. The van der Waals surface area contributed by atoms with E-state index in [1.165, 1.54) is 29.5 Å². The zero-order valence-electron chi connectivity index (χ0n) is 10.4. The van der Waals surface area contributed by atoms with Gasteiger partial charge in [0.1, 0.15) is 0 Å². The van der Waals surface area contributed by atoms with E-state index in [0.29, 0.717) is 5.76 Å². The van der Waals surface area contributed by atoms with Crippen molar-refractivity contribution in [2.45, 2.75) is 16.9 Å². The van der Waals surface area contributed by atoms with Crippen LogP contribution >= 0.6 is 11.8 Å². The number of benzene rings is 2. The Morgan fingerprint density at radius 1 is 1.00 bits per heavy atom. The van der Waals surface area contributed by atoms with Gasteiger partial charge in [0.25, 0.3) is 0 Å². The molecule has 0 fully saturated rings. The molecule has 2 aromatic carbocycles. The second kappa shape index (κ2) is 4.94. The van der Waals surface area contributed by atoms with Gasteiger partial charge < -0.3 is 4.42 Å². The molecule has 1 heterocycles. The minimum Gasteiger partial charge on any atom is -0.446 e. The van der Waals surface area contributed by atoms with Gasteiger partial charge in [-0.2, -0.15) is 0 Å². The van der Waals surface area contributed by atoms with Crippen molar-refractivity contribution in [3.05, 3.63) is 60.4 Å². The van der Waals surface area contributed by atoms with Crippen LogP contribution in [0, 0.1) is 0 Å². The van der Waals surface area contributed by atoms with E-state index >= 15 is 0 Å². The maximum Gasteiger partial charge on any atom is 0.194 e. The van der Waals surface area contributed by atoms with E-state index < -0.39 is 0 Å². The number of fused-ring (bicyclic) bond motifs is 1. The highest BCUT2D eigenvalue weighted by Gasteiger charge is 2.07. The number of Topliss-reactive ketones (excluding diaryl/α,β-unsaturated/α-hetero) is 1. The van der Waals surface area contributed by atoms with Crippen molar-refractivity contribution in [3.8, 4) is 0 Å². The van der Waals surface area contributed by atoms with Gasteiger partial charge in [0.2, 0.25) is 0 Å². The van der Waals surface area contributed by atoms with Crippen LogP contribution in [0.3, 0.4) is 0 Å². The van der Waals surface area contributed by atoms with Gasteiger partial charge >= 0.3 is 0 Å². The number of hydrogen-bond acceptors (Lipinski definition) is 3. The van der Waals surface area contributed by atoms with Gasteiger partial charge in [0.05, 0.1) is 0 Å². The molecule has 1 aromatic heterocycles. The predicted octanol–water partition coefficient (Wildman–Crippen LogP) is 4.79. The Balaban J connectivity index is 1.89. The first-order valence-corrected chi connectivity index (χ1v) is 6.81. The zero-order valence-corrected chi connectivity index (χ0v) is 11.2. The molecule has 0 aliphatic carbocycles. The number of carbonyl (C=O) groups is 1. The predicted molar refractivity (Wildman–Crippen MR) is 76.8 cm³/mol. The Labute approximate surface area is 115 Å². The van der Waals surface area contributed by atoms with Gasteiger partial charge in [-0.1, -0.05) is 42.1 Å². The monoisotopic (exact) mass is 268 g/mol. The molecule has 3 aromatic rings. The SMILES string of the molecule is CC(=O)c1ccc(Sc2ccc3ccccc3c2)o1. The zero-order chi connectivity index (χ0) is 13.2. The first kappa shape index (κ1) is 12.1. The van der Waals surface area contributed by atoms with E-state index in [4.69, 9.17) is 4.42 Å². The highest BCUT2D eigenvalue weighted by molar-refractivity contribution is 7.99. The molecule has 0 N–H and O–H groups in total. The fourth-order valence-electron chi connectivity index (χ4n) is 1.91. The average Bonchev–Trinajstić information content (AvgIpc) is 2.87. The van der Waals surface area contributed by atoms with Crippen LogP contribution in [0.5, 0.6) is 0 Å². The molecule has 0 aliphatic heterocycles. The van der Waals surface area contributed by atoms with Crippen LogP contribution in [0.4, 0.5) is 0 Å². The standard InChI is InChI=1S/C16H12O2S/c1-11(17)15-8-9-16(18-15)19-14-7-6-12-4-2-3-5-13(12)10-14/h2-10H,1H3. The summed E-state index contributed by atoms with van der Waals surface area (Å²) in [5, 5.41) is 3.15. The summed E-state index contributed by atoms with van der Waals surface area (Å²) < 4.78 is 5.47. The van der Waals surface area contributed by atoms with Crippen LogP contribution < -0.4 is 0 Å². The lowest BCUT2D eigenvalue weighted by atomic mass is 10.1. The van der Waals surface area contributed by atoms with Crippen LogP contribution in [0.15, 0.2) is 69.0 Å². The van der Waals surface area contributed by atoms with Crippen molar-refractivity contribution < 1.29 is 9.21 Å². The first-order valence-electron chi connectivity index (χ1n) is 6.00. The third kappa shape index (κ3) is 2.56. The van der Waals surface area contributed by atoms with Crippen molar-refractivity contribution in [1.29, 1.82) is 0 Å². The molecular weight excluding hydrogens is 256 g/mol. The van der Waals surface area contributed by atoms with E-state index in [9.17, 15) is 4.79 Å². The molecule has 0 saturated heterocycles. The summed E-state index contributed by atoms with van der Waals surface area (Å²) in [4.78, 5) is 12.3. The normalized spacial score (nSPS) is 10.8. The summed E-state index contributed by atoms with van der Waals surface area (Å²) in [7, 11) is 0. The quantitative estimate of drug-likeness (QED) is 0.640. The van der Waals surface area contributed by atoms with Crippen LogP contribution in [-0.2, 0) is 0 Å². The molecule has 0 atom stereocenters. The Morgan fingerprint density at radius 2 is 1.79 bits per heavy atom. The van der Waals surface area contributed by atoms with E-state index in [2.05, 4.69) is 30.3 Å². The van der Waals surface area contributed by atoms with E-state index in [1.54, 1.807) is 6.07 Å². The lowest BCUT2D eigenvalue weighted by molar-refractivity contribution is 0.0982. The number of hydrogen-bond donors (Lipinski definition) is 0. The summed E-state index contributed by atoms with van der Waals surface area (Å²) in [6.07, 6.45) is 0. The second-order valence-corrected chi connectivity index (χ2v) is 5.36. The summed E-state index contributed by atoms with van der Waals surface area (Å²) in [5.74, 6) is 0.355. The molecule has 0 amide bonds. The summed E-state index contributed by atoms with van der Waals surface area (Å²) >= 11 is 1.52. The molecule has 0 unspecified atom stereocenters. The molecule has 3 rings (SSSR count). The topological polar surface area (TPSA) is 30.2 Å². The molecule has 0 saturated carbocycles. The average molecular weight is 268 g/mol. The first-order chi connectivity index (χ1) is 9.22. The minimum absolute atomic E-state index is 0.0506. The van der Waals surface area contributed by atoms with Crippen LogP contribution in [-0.4, -0.2) is 5.78 Å². The molecule has 0 spiro atoms. The van der Waals surface area contributed by atoms with Gasteiger partial charge in [-0.25, -0.2) is 0 Å². The van der Waals surface area contributed by atoms with Gasteiger partial charge in [0, 0.05) is 11.8 Å². The van der Waals surface area contributed by atoms with Crippen molar-refractivity contribution in [2.75, 3.05) is 0 Å². The van der Waals surface area contributed by atoms with Crippen molar-refractivity contribution >= 4 is 28.3 Å². The Bertz CT molecular complexity index is 743. The van der Waals surface area contributed by atoms with Crippen LogP contribution in [0.25, 0.3) is 10.8 Å². The fraction of sp³-hybridized carbons (Fsp3) is 0.0625. The molecule has 0 bridgehead atoms. The Kier molecular flexibility index (Phi) is 3.13. The van der Waals surface area contributed by atoms with Crippen molar-refractivity contribution in [2.24, 2.45) is 0 Å². The third-order valence-corrected chi connectivity index (χ3v) is 3.78. The van der Waals surface area contributed by atoms with E-state index in [0.717, 1.165) is 9.99 Å².